The van der Waals surface area contributed by atoms with Crippen molar-refractivity contribution in [3.63, 3.8) is 0 Å². The fourth-order valence-corrected chi connectivity index (χ4v) is 2.52. The van der Waals surface area contributed by atoms with Gasteiger partial charge in [-0.25, -0.2) is 9.97 Å². The van der Waals surface area contributed by atoms with Crippen LogP contribution >= 0.6 is 0 Å². The molecule has 24 heavy (non-hydrogen) atoms. The van der Waals surface area contributed by atoms with Gasteiger partial charge in [0.05, 0.1) is 6.20 Å². The predicted molar refractivity (Wildman–Crippen MR) is 93.0 cm³/mol. The molecule has 3 aromatic rings. The highest BCUT2D eigenvalue weighted by molar-refractivity contribution is 5.95. The molecule has 0 aliphatic carbocycles. The smallest absolute Gasteiger partial charge is 0.248 e. The third-order valence-electron chi connectivity index (χ3n) is 3.95. The number of nitrogens with one attached hydrogen (secondary N) is 1. The minimum absolute atomic E-state index is 0.413. The largest absolute Gasteiger partial charge is 0.366 e. The molecule has 0 unspecified atom stereocenters. The Morgan fingerprint density at radius 1 is 0.958 bits per heavy atom. The number of pyridine rings is 1. The molecule has 0 fully saturated rings. The Labute approximate surface area is 139 Å². The van der Waals surface area contributed by atoms with E-state index in [2.05, 4.69) is 20.3 Å². The SMILES string of the molecule is Cc1c(C(N)=O)ccc(-c2ccc(Nc3cnccn3)nc2)c1C. The van der Waals surface area contributed by atoms with E-state index in [9.17, 15) is 4.79 Å². The van der Waals surface area contributed by atoms with Gasteiger partial charge < -0.3 is 11.1 Å². The first-order valence-corrected chi connectivity index (χ1v) is 7.45. The number of carbonyl (C=O) groups is 1. The van der Waals surface area contributed by atoms with Crippen molar-refractivity contribution >= 4 is 17.5 Å². The molecule has 2 heterocycles. The number of hydrogen-bond acceptors (Lipinski definition) is 5. The standard InChI is InChI=1S/C18H17N5O/c1-11-12(2)15(18(19)24)5-4-14(11)13-3-6-16(22-9-13)23-17-10-20-7-8-21-17/h3-10H,1-2H3,(H2,19,24)(H,21,22,23). The van der Waals surface area contributed by atoms with Gasteiger partial charge in [0.15, 0.2) is 0 Å². The van der Waals surface area contributed by atoms with Crippen molar-refractivity contribution < 1.29 is 4.79 Å². The Bertz CT molecular complexity index is 876. The fourth-order valence-electron chi connectivity index (χ4n) is 2.52. The maximum absolute atomic E-state index is 11.4. The van der Waals surface area contributed by atoms with Crippen LogP contribution in [-0.4, -0.2) is 20.9 Å². The van der Waals surface area contributed by atoms with Crippen LogP contribution in [0.4, 0.5) is 11.6 Å². The van der Waals surface area contributed by atoms with E-state index in [-0.39, 0.29) is 0 Å². The average molecular weight is 319 g/mol. The highest BCUT2D eigenvalue weighted by Gasteiger charge is 2.11. The molecule has 6 heteroatoms. The second kappa shape index (κ2) is 6.45. The number of anilines is 2. The zero-order chi connectivity index (χ0) is 17.1. The summed E-state index contributed by atoms with van der Waals surface area (Å²) >= 11 is 0. The Hall–Kier alpha value is -3.28. The first-order chi connectivity index (χ1) is 11.6. The summed E-state index contributed by atoms with van der Waals surface area (Å²) in [6.07, 6.45) is 6.64. The van der Waals surface area contributed by atoms with Crippen molar-refractivity contribution in [1.29, 1.82) is 0 Å². The third kappa shape index (κ3) is 3.08. The number of amides is 1. The van der Waals surface area contributed by atoms with E-state index < -0.39 is 5.91 Å². The van der Waals surface area contributed by atoms with Crippen LogP contribution in [0, 0.1) is 13.8 Å². The van der Waals surface area contributed by atoms with Crippen LogP contribution in [0.3, 0.4) is 0 Å². The van der Waals surface area contributed by atoms with Gasteiger partial charge in [-0.3, -0.25) is 9.78 Å². The molecule has 3 rings (SSSR count). The molecule has 0 spiro atoms. The number of nitrogens with two attached hydrogens (primary N) is 1. The highest BCUT2D eigenvalue weighted by atomic mass is 16.1. The van der Waals surface area contributed by atoms with E-state index in [0.29, 0.717) is 17.2 Å². The van der Waals surface area contributed by atoms with Crippen LogP contribution in [-0.2, 0) is 0 Å². The Morgan fingerprint density at radius 3 is 2.42 bits per heavy atom. The maximum atomic E-state index is 11.4. The second-order valence-corrected chi connectivity index (χ2v) is 5.42. The quantitative estimate of drug-likeness (QED) is 0.771. The maximum Gasteiger partial charge on any atom is 0.248 e. The van der Waals surface area contributed by atoms with Crippen LogP contribution in [0.2, 0.25) is 0 Å². The predicted octanol–water partition coefficient (Wildman–Crippen LogP) is 3.00. The molecule has 0 saturated heterocycles. The molecule has 0 aliphatic rings. The summed E-state index contributed by atoms with van der Waals surface area (Å²) in [7, 11) is 0. The van der Waals surface area contributed by atoms with Crippen molar-refractivity contribution in [3.8, 4) is 11.1 Å². The zero-order valence-electron chi connectivity index (χ0n) is 13.4. The number of carbonyl (C=O) groups excluding carboxylic acids is 1. The average Bonchev–Trinajstić information content (AvgIpc) is 2.59. The molecular formula is C18H17N5O. The number of hydrogen-bond donors (Lipinski definition) is 2. The van der Waals surface area contributed by atoms with E-state index in [1.165, 1.54) is 0 Å². The molecule has 0 aliphatic heterocycles. The minimum atomic E-state index is -0.413. The molecule has 3 N–H and O–H groups in total. The van der Waals surface area contributed by atoms with Crippen molar-refractivity contribution in [2.75, 3.05) is 5.32 Å². The summed E-state index contributed by atoms with van der Waals surface area (Å²) in [6, 6.07) is 7.50. The second-order valence-electron chi connectivity index (χ2n) is 5.42. The lowest BCUT2D eigenvalue weighted by Gasteiger charge is -2.12. The summed E-state index contributed by atoms with van der Waals surface area (Å²) < 4.78 is 0. The number of nitrogens with zero attached hydrogens (tertiary/aromatic N) is 3. The van der Waals surface area contributed by atoms with Gasteiger partial charge >= 0.3 is 0 Å². The summed E-state index contributed by atoms with van der Waals surface area (Å²) in [5, 5.41) is 3.09. The third-order valence-corrected chi connectivity index (χ3v) is 3.95. The van der Waals surface area contributed by atoms with E-state index in [1.807, 2.05) is 32.0 Å². The molecular weight excluding hydrogens is 302 g/mol. The highest BCUT2D eigenvalue weighted by Crippen LogP contribution is 2.27. The molecule has 2 aromatic heterocycles. The van der Waals surface area contributed by atoms with Crippen molar-refractivity contribution in [2.45, 2.75) is 13.8 Å². The zero-order valence-corrected chi connectivity index (χ0v) is 13.4. The number of primary amides is 1. The van der Waals surface area contributed by atoms with Crippen LogP contribution < -0.4 is 11.1 Å². The van der Waals surface area contributed by atoms with Gasteiger partial charge in [0.25, 0.3) is 0 Å². The first kappa shape index (κ1) is 15.6. The van der Waals surface area contributed by atoms with Gasteiger partial charge in [0.1, 0.15) is 11.6 Å². The van der Waals surface area contributed by atoms with Crippen molar-refractivity contribution in [2.24, 2.45) is 5.73 Å². The monoisotopic (exact) mass is 319 g/mol. The molecule has 0 saturated carbocycles. The lowest BCUT2D eigenvalue weighted by molar-refractivity contribution is 0.0999. The first-order valence-electron chi connectivity index (χ1n) is 7.45. The summed E-state index contributed by atoms with van der Waals surface area (Å²) in [5.74, 6) is 0.904. The molecule has 0 atom stereocenters. The summed E-state index contributed by atoms with van der Waals surface area (Å²) in [5.41, 5.74) is 9.84. The Balaban J connectivity index is 1.89. The van der Waals surface area contributed by atoms with E-state index >= 15 is 0 Å². The number of rotatable bonds is 4. The fraction of sp³-hybridized carbons (Fsp3) is 0.111. The Kier molecular flexibility index (Phi) is 4.20. The van der Waals surface area contributed by atoms with Crippen LogP contribution in [0.25, 0.3) is 11.1 Å². The van der Waals surface area contributed by atoms with Gasteiger partial charge in [-0.15, -0.1) is 0 Å². The van der Waals surface area contributed by atoms with E-state index in [0.717, 1.165) is 22.3 Å². The van der Waals surface area contributed by atoms with Gasteiger partial charge in [0, 0.05) is 29.7 Å². The van der Waals surface area contributed by atoms with E-state index in [1.54, 1.807) is 30.9 Å². The summed E-state index contributed by atoms with van der Waals surface area (Å²) in [6.45, 7) is 3.87. The van der Waals surface area contributed by atoms with Gasteiger partial charge in [-0.1, -0.05) is 6.07 Å². The summed E-state index contributed by atoms with van der Waals surface area (Å²) in [4.78, 5) is 24.0. The van der Waals surface area contributed by atoms with E-state index in [4.69, 9.17) is 5.73 Å². The van der Waals surface area contributed by atoms with Gasteiger partial charge in [-0.2, -0.15) is 0 Å². The lowest BCUT2D eigenvalue weighted by Crippen LogP contribution is -2.13. The van der Waals surface area contributed by atoms with Crippen molar-refractivity contribution in [3.05, 3.63) is 65.7 Å². The number of benzene rings is 1. The molecule has 6 nitrogen and oxygen atoms in total. The minimum Gasteiger partial charge on any atom is -0.366 e. The van der Waals surface area contributed by atoms with Crippen molar-refractivity contribution in [1.82, 2.24) is 15.0 Å². The van der Waals surface area contributed by atoms with Crippen LogP contribution in [0.15, 0.2) is 49.1 Å². The molecule has 1 aromatic carbocycles. The van der Waals surface area contributed by atoms with Gasteiger partial charge in [-0.05, 0) is 48.7 Å². The van der Waals surface area contributed by atoms with Crippen LogP contribution in [0.5, 0.6) is 0 Å². The Morgan fingerprint density at radius 2 is 1.79 bits per heavy atom. The molecule has 0 radical (unpaired) electrons. The topological polar surface area (TPSA) is 93.8 Å². The molecule has 1 amide bonds. The molecule has 120 valence electrons. The van der Waals surface area contributed by atoms with Gasteiger partial charge in [0.2, 0.25) is 5.91 Å². The molecule has 0 bridgehead atoms. The lowest BCUT2D eigenvalue weighted by atomic mass is 9.94. The number of aromatic nitrogens is 3. The van der Waals surface area contributed by atoms with Crippen LogP contribution in [0.1, 0.15) is 21.5 Å². The normalized spacial score (nSPS) is 10.4.